The van der Waals surface area contributed by atoms with Crippen molar-refractivity contribution in [3.63, 3.8) is 0 Å². The predicted octanol–water partition coefficient (Wildman–Crippen LogP) is 11.7. The van der Waals surface area contributed by atoms with Gasteiger partial charge in [-0.25, -0.2) is 0 Å². The van der Waals surface area contributed by atoms with E-state index in [1.165, 1.54) is 33.4 Å². The van der Waals surface area contributed by atoms with Crippen LogP contribution in [-0.4, -0.2) is 15.0 Å². The first kappa shape index (κ1) is 34.8. The molecule has 52 heavy (non-hydrogen) atoms. The zero-order valence-corrected chi connectivity index (χ0v) is 30.8. The molecule has 3 nitrogen and oxygen atoms in total. The van der Waals surface area contributed by atoms with Gasteiger partial charge in [0.1, 0.15) is 0 Å². The molecule has 3 heteroatoms. The highest BCUT2D eigenvalue weighted by atomic mass is 14.7. The zero-order valence-electron chi connectivity index (χ0n) is 30.8. The summed E-state index contributed by atoms with van der Waals surface area (Å²) in [7, 11) is 0. The molecule has 0 aliphatic rings. The van der Waals surface area contributed by atoms with E-state index in [0.717, 1.165) is 59.5 Å². The van der Waals surface area contributed by atoms with Gasteiger partial charge in [-0.3, -0.25) is 15.0 Å². The molecule has 0 aliphatic heterocycles. The Labute approximate surface area is 309 Å². The summed E-state index contributed by atoms with van der Waals surface area (Å²) in [5, 5.41) is 0. The molecule has 0 N–H and O–H groups in total. The number of aromatic nitrogens is 3. The van der Waals surface area contributed by atoms with Crippen molar-refractivity contribution in [2.24, 2.45) is 0 Å². The van der Waals surface area contributed by atoms with Crippen LogP contribution in [0.5, 0.6) is 0 Å². The smallest absolute Gasteiger partial charge is 0.0702 e. The van der Waals surface area contributed by atoms with Crippen LogP contribution in [0.15, 0.2) is 164 Å². The van der Waals surface area contributed by atoms with Crippen LogP contribution in [0.1, 0.15) is 61.1 Å². The molecule has 0 unspecified atom stereocenters. The van der Waals surface area contributed by atoms with Gasteiger partial charge in [-0.2, -0.15) is 0 Å². The normalized spacial score (nSPS) is 11.8. The maximum atomic E-state index is 4.88. The van der Waals surface area contributed by atoms with Gasteiger partial charge >= 0.3 is 0 Å². The molecule has 0 spiro atoms. The number of aryl methyl sites for hydroxylation is 2. The van der Waals surface area contributed by atoms with Crippen LogP contribution in [0.2, 0.25) is 0 Å². The monoisotopic (exact) mass is 677 g/mol. The van der Waals surface area contributed by atoms with E-state index in [-0.39, 0.29) is 10.8 Å². The molecule has 0 saturated carbocycles. The molecular formula is C49H47N3. The van der Waals surface area contributed by atoms with Crippen LogP contribution >= 0.6 is 0 Å². The Hall–Kier alpha value is -5.67. The fourth-order valence-electron chi connectivity index (χ4n) is 7.20. The van der Waals surface area contributed by atoms with Crippen LogP contribution < -0.4 is 0 Å². The van der Waals surface area contributed by atoms with E-state index < -0.39 is 0 Å². The number of hydrogen-bond acceptors (Lipinski definition) is 3. The third-order valence-corrected chi connectivity index (χ3v) is 10.2. The minimum Gasteiger partial charge on any atom is -0.256 e. The molecule has 0 saturated heterocycles. The molecule has 0 amide bonds. The Morgan fingerprint density at radius 2 is 0.731 bits per heavy atom. The minimum atomic E-state index is -0.0952. The van der Waals surface area contributed by atoms with Crippen molar-refractivity contribution < 1.29 is 0 Å². The topological polar surface area (TPSA) is 38.7 Å². The van der Waals surface area contributed by atoms with Crippen LogP contribution in [0.4, 0.5) is 0 Å². The Balaban J connectivity index is 1.14. The molecule has 0 radical (unpaired) electrons. The highest BCUT2D eigenvalue weighted by molar-refractivity contribution is 5.60. The van der Waals surface area contributed by atoms with Crippen molar-refractivity contribution in [3.05, 3.63) is 198 Å². The van der Waals surface area contributed by atoms with Gasteiger partial charge in [-0.1, -0.05) is 155 Å². The van der Waals surface area contributed by atoms with E-state index in [0.29, 0.717) is 0 Å². The first-order valence-electron chi connectivity index (χ1n) is 18.4. The van der Waals surface area contributed by atoms with Crippen molar-refractivity contribution in [1.82, 2.24) is 15.0 Å². The summed E-state index contributed by atoms with van der Waals surface area (Å²) in [6.07, 6.45) is 9.89. The van der Waals surface area contributed by atoms with E-state index in [4.69, 9.17) is 15.0 Å². The lowest BCUT2D eigenvalue weighted by atomic mass is 9.77. The van der Waals surface area contributed by atoms with Gasteiger partial charge in [-0.05, 0) is 88.1 Å². The van der Waals surface area contributed by atoms with Gasteiger partial charge in [-0.15, -0.1) is 0 Å². The number of pyridine rings is 3. The molecule has 0 aliphatic carbocycles. The molecule has 0 fully saturated rings. The fourth-order valence-corrected chi connectivity index (χ4v) is 7.20. The van der Waals surface area contributed by atoms with Crippen LogP contribution in [-0.2, 0) is 36.5 Å². The third kappa shape index (κ3) is 8.44. The molecule has 0 atom stereocenters. The van der Waals surface area contributed by atoms with Crippen LogP contribution in [0.25, 0.3) is 33.8 Å². The number of hydrogen-bond donors (Lipinski definition) is 0. The Kier molecular flexibility index (Phi) is 10.2. The quantitative estimate of drug-likeness (QED) is 0.129. The molecule has 258 valence electrons. The van der Waals surface area contributed by atoms with Crippen molar-refractivity contribution in [1.29, 1.82) is 0 Å². The maximum Gasteiger partial charge on any atom is 0.0702 e. The van der Waals surface area contributed by atoms with E-state index in [2.05, 4.69) is 167 Å². The largest absolute Gasteiger partial charge is 0.256 e. The highest BCUT2D eigenvalue weighted by Gasteiger charge is 2.25. The van der Waals surface area contributed by atoms with E-state index in [1.54, 1.807) is 0 Å². The van der Waals surface area contributed by atoms with Gasteiger partial charge in [0.05, 0.1) is 17.1 Å². The summed E-state index contributed by atoms with van der Waals surface area (Å²) in [5.41, 5.74) is 14.1. The Morgan fingerprint density at radius 3 is 1.10 bits per heavy atom. The van der Waals surface area contributed by atoms with E-state index in [9.17, 15) is 0 Å². The maximum absolute atomic E-state index is 4.88. The summed E-state index contributed by atoms with van der Waals surface area (Å²) in [6, 6.07) is 51.6. The summed E-state index contributed by atoms with van der Waals surface area (Å²) in [6.45, 7) is 9.34. The van der Waals surface area contributed by atoms with Crippen LogP contribution in [0.3, 0.4) is 0 Å². The summed E-state index contributed by atoms with van der Waals surface area (Å²) in [5.74, 6) is 0. The number of nitrogens with zero attached hydrogens (tertiary/aromatic N) is 3. The third-order valence-electron chi connectivity index (χ3n) is 10.2. The van der Waals surface area contributed by atoms with Gasteiger partial charge in [0.25, 0.3) is 0 Å². The average Bonchev–Trinajstić information content (AvgIpc) is 3.18. The second kappa shape index (κ2) is 15.3. The van der Waals surface area contributed by atoms with E-state index >= 15 is 0 Å². The summed E-state index contributed by atoms with van der Waals surface area (Å²) in [4.78, 5) is 14.6. The zero-order chi connectivity index (χ0) is 36.0. The minimum absolute atomic E-state index is 0.0952. The Morgan fingerprint density at radius 1 is 0.365 bits per heavy atom. The molecule has 3 heterocycles. The number of benzene rings is 4. The molecule has 3 aromatic heterocycles. The lowest BCUT2D eigenvalue weighted by Crippen LogP contribution is -2.23. The van der Waals surface area contributed by atoms with Crippen molar-refractivity contribution in [2.45, 2.75) is 64.2 Å². The second-order valence-corrected chi connectivity index (χ2v) is 15.3. The van der Waals surface area contributed by atoms with Gasteiger partial charge < -0.3 is 0 Å². The first-order chi connectivity index (χ1) is 25.2. The standard InChI is InChI=1S/C49H47N3/c1-48(2,43-23-26-46(51-34-43)41-16-10-6-11-17-41)31-38-28-37(21-20-36-22-25-45(50-33-36)40-14-8-5-9-15-40)29-39(30-38)32-49(3,4)44-24-27-47(52-35-44)42-18-12-7-13-19-42/h5-19,22-30,33-35H,20-21,31-32H2,1-4H3. The van der Waals surface area contributed by atoms with Crippen molar-refractivity contribution >= 4 is 0 Å². The SMILES string of the molecule is CC(C)(Cc1cc(CCc2ccc(-c3ccccc3)nc2)cc(CC(C)(C)c2ccc(-c3ccccc3)nc2)c1)c1ccc(-c2ccccc2)nc1. The van der Waals surface area contributed by atoms with Gasteiger partial charge in [0.15, 0.2) is 0 Å². The fraction of sp³-hybridized carbons (Fsp3) is 0.204. The number of rotatable bonds is 12. The summed E-state index contributed by atoms with van der Waals surface area (Å²) >= 11 is 0. The summed E-state index contributed by atoms with van der Waals surface area (Å²) < 4.78 is 0. The average molecular weight is 678 g/mol. The van der Waals surface area contributed by atoms with Gasteiger partial charge in [0, 0.05) is 35.3 Å². The first-order valence-corrected chi connectivity index (χ1v) is 18.4. The Bertz CT molecular complexity index is 2070. The lowest BCUT2D eigenvalue weighted by Gasteiger charge is -2.28. The molecule has 4 aromatic carbocycles. The second-order valence-electron chi connectivity index (χ2n) is 15.3. The van der Waals surface area contributed by atoms with Gasteiger partial charge in [0.2, 0.25) is 0 Å². The molecule has 7 aromatic rings. The van der Waals surface area contributed by atoms with Crippen molar-refractivity contribution in [3.8, 4) is 33.8 Å². The lowest BCUT2D eigenvalue weighted by molar-refractivity contribution is 0.512. The van der Waals surface area contributed by atoms with Crippen molar-refractivity contribution in [2.75, 3.05) is 0 Å². The molecular weight excluding hydrogens is 631 g/mol. The molecule has 0 bridgehead atoms. The molecule has 7 rings (SSSR count). The predicted molar refractivity (Wildman–Crippen MR) is 216 cm³/mol. The van der Waals surface area contributed by atoms with E-state index in [1.807, 2.05) is 24.4 Å². The van der Waals surface area contributed by atoms with Crippen LogP contribution in [0, 0.1) is 0 Å². The highest BCUT2D eigenvalue weighted by Crippen LogP contribution is 2.33.